The highest BCUT2D eigenvalue weighted by Gasteiger charge is 2.27. The van der Waals surface area contributed by atoms with Crippen molar-refractivity contribution in [1.82, 2.24) is 9.97 Å². The van der Waals surface area contributed by atoms with Gasteiger partial charge in [0.15, 0.2) is 0 Å². The largest absolute Gasteiger partial charge is 0.396 e. The number of aliphatic hydroxyl groups is 1. The molecule has 0 spiro atoms. The molecular formula is C15H26N4O. The molecule has 3 N–H and O–H groups in total. The van der Waals surface area contributed by atoms with Gasteiger partial charge in [-0.1, -0.05) is 6.92 Å². The van der Waals surface area contributed by atoms with Gasteiger partial charge in [-0.25, -0.2) is 9.97 Å². The molecule has 20 heavy (non-hydrogen) atoms. The topological polar surface area (TPSA) is 75.3 Å². The Morgan fingerprint density at radius 3 is 2.90 bits per heavy atom. The average molecular weight is 278 g/mol. The van der Waals surface area contributed by atoms with Crippen molar-refractivity contribution in [3.8, 4) is 0 Å². The Balaban J connectivity index is 2.25. The number of hydrogen-bond acceptors (Lipinski definition) is 5. The van der Waals surface area contributed by atoms with E-state index in [1.54, 1.807) is 0 Å². The zero-order chi connectivity index (χ0) is 14.5. The maximum atomic E-state index is 9.03. The van der Waals surface area contributed by atoms with Gasteiger partial charge in [0.05, 0.1) is 0 Å². The number of aromatic nitrogens is 2. The molecule has 1 unspecified atom stereocenters. The first-order valence-electron chi connectivity index (χ1n) is 7.67. The van der Waals surface area contributed by atoms with Gasteiger partial charge in [-0.05, 0) is 39.0 Å². The number of hydrogen-bond donors (Lipinski definition) is 2. The second kappa shape index (κ2) is 6.88. The molecule has 1 atom stereocenters. The van der Waals surface area contributed by atoms with E-state index in [1.165, 1.54) is 12.8 Å². The Morgan fingerprint density at radius 1 is 1.40 bits per heavy atom. The van der Waals surface area contributed by atoms with E-state index in [0.717, 1.165) is 49.4 Å². The maximum Gasteiger partial charge on any atom is 0.137 e. The second-order valence-corrected chi connectivity index (χ2v) is 5.58. The summed E-state index contributed by atoms with van der Waals surface area (Å²) in [6, 6.07) is 0.477. The summed E-state index contributed by atoms with van der Waals surface area (Å²) in [7, 11) is 0. The first kappa shape index (κ1) is 15.0. The third kappa shape index (κ3) is 3.20. The molecule has 5 heteroatoms. The Labute approximate surface area is 121 Å². The van der Waals surface area contributed by atoms with Crippen molar-refractivity contribution in [2.45, 2.75) is 58.4 Å². The monoisotopic (exact) mass is 278 g/mol. The van der Waals surface area contributed by atoms with E-state index in [0.29, 0.717) is 11.9 Å². The number of rotatable bonds is 6. The minimum Gasteiger partial charge on any atom is -0.396 e. The molecule has 0 aliphatic carbocycles. The van der Waals surface area contributed by atoms with Crippen LogP contribution < -0.4 is 10.6 Å². The van der Waals surface area contributed by atoms with Crippen molar-refractivity contribution in [3.63, 3.8) is 0 Å². The van der Waals surface area contributed by atoms with Crippen LogP contribution in [0.4, 0.5) is 11.6 Å². The second-order valence-electron chi connectivity index (χ2n) is 5.58. The number of anilines is 2. The van der Waals surface area contributed by atoms with Gasteiger partial charge in [-0.3, -0.25) is 0 Å². The van der Waals surface area contributed by atoms with Crippen molar-refractivity contribution >= 4 is 11.6 Å². The lowest BCUT2D eigenvalue weighted by Gasteiger charge is -2.27. The number of nitrogens with two attached hydrogens (primary N) is 1. The fourth-order valence-corrected chi connectivity index (χ4v) is 2.93. The summed E-state index contributed by atoms with van der Waals surface area (Å²) in [6.45, 7) is 5.41. The minimum atomic E-state index is 0.260. The molecule has 5 nitrogen and oxygen atoms in total. The summed E-state index contributed by atoms with van der Waals surface area (Å²) >= 11 is 0. The van der Waals surface area contributed by atoms with Gasteiger partial charge in [0.1, 0.15) is 17.5 Å². The molecule has 1 aromatic heterocycles. The average Bonchev–Trinajstić information content (AvgIpc) is 2.89. The highest BCUT2D eigenvalue weighted by molar-refractivity contribution is 5.57. The molecule has 1 aliphatic rings. The molecule has 2 rings (SSSR count). The Morgan fingerprint density at radius 2 is 2.20 bits per heavy atom. The molecule has 1 fully saturated rings. The van der Waals surface area contributed by atoms with Crippen molar-refractivity contribution in [3.05, 3.63) is 11.4 Å². The summed E-state index contributed by atoms with van der Waals surface area (Å²) in [6.07, 6.45) is 6.11. The van der Waals surface area contributed by atoms with Crippen LogP contribution in [0.3, 0.4) is 0 Å². The van der Waals surface area contributed by atoms with Crippen LogP contribution in [0.25, 0.3) is 0 Å². The van der Waals surface area contributed by atoms with Crippen LogP contribution in [0.5, 0.6) is 0 Å². The lowest BCUT2D eigenvalue weighted by Crippen LogP contribution is -2.31. The lowest BCUT2D eigenvalue weighted by molar-refractivity contribution is 0.279. The van der Waals surface area contributed by atoms with Crippen LogP contribution in [0.2, 0.25) is 0 Å². The van der Waals surface area contributed by atoms with E-state index in [9.17, 15) is 0 Å². The quantitative estimate of drug-likeness (QED) is 0.833. The fraction of sp³-hybridized carbons (Fsp3) is 0.733. The molecule has 0 radical (unpaired) electrons. The smallest absolute Gasteiger partial charge is 0.137 e. The van der Waals surface area contributed by atoms with Crippen LogP contribution in [-0.4, -0.2) is 34.3 Å². The lowest BCUT2D eigenvalue weighted by atomic mass is 10.1. The summed E-state index contributed by atoms with van der Waals surface area (Å²) in [4.78, 5) is 11.5. The molecule has 1 saturated heterocycles. The molecule has 0 bridgehead atoms. The van der Waals surface area contributed by atoms with Crippen molar-refractivity contribution in [2.75, 3.05) is 23.8 Å². The molecule has 0 amide bonds. The number of aryl methyl sites for hydroxylation is 1. The van der Waals surface area contributed by atoms with Crippen LogP contribution in [0.1, 0.15) is 50.4 Å². The van der Waals surface area contributed by atoms with E-state index in [2.05, 4.69) is 16.8 Å². The SMILES string of the molecule is CCCc1nc(N)c(C)c(N2CCCC2CCCO)n1. The van der Waals surface area contributed by atoms with Crippen LogP contribution in [-0.2, 0) is 6.42 Å². The molecule has 112 valence electrons. The number of aliphatic hydroxyl groups excluding tert-OH is 1. The zero-order valence-electron chi connectivity index (χ0n) is 12.6. The first-order valence-corrected chi connectivity index (χ1v) is 7.67. The summed E-state index contributed by atoms with van der Waals surface area (Å²) in [5, 5.41) is 9.03. The number of nitrogens with zero attached hydrogens (tertiary/aromatic N) is 3. The predicted molar refractivity (Wildman–Crippen MR) is 81.9 cm³/mol. The summed E-state index contributed by atoms with van der Waals surface area (Å²) < 4.78 is 0. The van der Waals surface area contributed by atoms with E-state index >= 15 is 0 Å². The van der Waals surface area contributed by atoms with Gasteiger partial charge in [0.25, 0.3) is 0 Å². The minimum absolute atomic E-state index is 0.260. The maximum absolute atomic E-state index is 9.03. The molecule has 1 aliphatic heterocycles. The van der Waals surface area contributed by atoms with Gasteiger partial charge < -0.3 is 15.7 Å². The van der Waals surface area contributed by atoms with Gasteiger partial charge >= 0.3 is 0 Å². The van der Waals surface area contributed by atoms with Crippen LogP contribution >= 0.6 is 0 Å². The predicted octanol–water partition coefficient (Wildman–Crippen LogP) is 2.06. The molecule has 1 aromatic rings. The molecular weight excluding hydrogens is 252 g/mol. The van der Waals surface area contributed by atoms with Crippen LogP contribution in [0, 0.1) is 6.92 Å². The van der Waals surface area contributed by atoms with Gasteiger partial charge in [0, 0.05) is 31.2 Å². The molecule has 0 saturated carbocycles. The van der Waals surface area contributed by atoms with Crippen molar-refractivity contribution < 1.29 is 5.11 Å². The Kier molecular flexibility index (Phi) is 5.17. The van der Waals surface area contributed by atoms with Gasteiger partial charge in [0.2, 0.25) is 0 Å². The summed E-state index contributed by atoms with van der Waals surface area (Å²) in [5.41, 5.74) is 7.03. The molecule has 0 aromatic carbocycles. The standard InChI is InChI=1S/C15H26N4O/c1-3-6-13-17-14(16)11(2)15(18-13)19-9-4-7-12(19)8-5-10-20/h12,20H,3-10H2,1-2H3,(H2,16,17,18). The summed E-state index contributed by atoms with van der Waals surface area (Å²) in [5.74, 6) is 2.45. The van der Waals surface area contributed by atoms with Gasteiger partial charge in [-0.15, -0.1) is 0 Å². The molecule has 2 heterocycles. The highest BCUT2D eigenvalue weighted by Crippen LogP contribution is 2.30. The Bertz CT molecular complexity index is 450. The van der Waals surface area contributed by atoms with Crippen LogP contribution in [0.15, 0.2) is 0 Å². The fourth-order valence-electron chi connectivity index (χ4n) is 2.93. The van der Waals surface area contributed by atoms with Crippen molar-refractivity contribution in [2.24, 2.45) is 0 Å². The van der Waals surface area contributed by atoms with E-state index in [4.69, 9.17) is 15.8 Å². The van der Waals surface area contributed by atoms with Gasteiger partial charge in [-0.2, -0.15) is 0 Å². The number of nitrogen functional groups attached to an aromatic ring is 1. The Hall–Kier alpha value is -1.36. The highest BCUT2D eigenvalue weighted by atomic mass is 16.2. The van der Waals surface area contributed by atoms with E-state index in [-0.39, 0.29) is 6.61 Å². The third-order valence-electron chi connectivity index (χ3n) is 4.02. The zero-order valence-corrected chi connectivity index (χ0v) is 12.6. The van der Waals surface area contributed by atoms with Crippen molar-refractivity contribution in [1.29, 1.82) is 0 Å². The van der Waals surface area contributed by atoms with E-state index < -0.39 is 0 Å². The first-order chi connectivity index (χ1) is 9.67. The van der Waals surface area contributed by atoms with E-state index in [1.807, 2.05) is 6.92 Å². The third-order valence-corrected chi connectivity index (χ3v) is 4.02. The normalized spacial score (nSPS) is 18.8.